The second-order valence-corrected chi connectivity index (χ2v) is 9.08. The number of rotatable bonds is 6. The van der Waals surface area contributed by atoms with Crippen molar-refractivity contribution < 1.29 is 8.23 Å². The Labute approximate surface area is 94.1 Å². The molecular weight excluding hydrogens is 224 g/mol. The fraction of sp³-hybridized carbons (Fsp3) is 0.556. The van der Waals surface area contributed by atoms with Gasteiger partial charge in [0.2, 0.25) is 0 Å². The van der Waals surface area contributed by atoms with Gasteiger partial charge in [0.05, 0.1) is 0 Å². The highest BCUT2D eigenvalue weighted by molar-refractivity contribution is 6.59. The maximum absolute atomic E-state index is 5.72. The average molecular weight is 247 g/mol. The Morgan fingerprint density at radius 2 is 1.29 bits per heavy atom. The highest BCUT2D eigenvalue weighted by atomic mass is 28.4. The molecule has 0 aliphatic heterocycles. The molecule has 0 aromatic carbocycles. The van der Waals surface area contributed by atoms with Crippen molar-refractivity contribution >= 4 is 28.8 Å². The molecule has 0 amide bonds. The number of allylic oxidation sites excluding steroid dienone is 2. The van der Waals surface area contributed by atoms with Crippen molar-refractivity contribution in [3.05, 3.63) is 22.5 Å². The van der Waals surface area contributed by atoms with E-state index in [1.54, 1.807) is 0 Å². The van der Waals surface area contributed by atoms with Crippen LogP contribution < -0.4 is 0 Å². The predicted molar refractivity (Wildman–Crippen MR) is 71.1 cm³/mol. The molecule has 0 aromatic heterocycles. The first-order chi connectivity index (χ1) is 6.52. The van der Waals surface area contributed by atoms with Crippen LogP contribution in [-0.2, 0) is 8.23 Å². The minimum absolute atomic E-state index is 0.455. The van der Waals surface area contributed by atoms with Gasteiger partial charge in [-0.2, -0.15) is 0 Å². The standard InChI is InChI=1S/C9H22O2Si3/c1-8(2)6-12-10-14(5)11-13-7-9(3)4/h6-7,14H,12-13H2,1-5H3. The van der Waals surface area contributed by atoms with E-state index in [9.17, 15) is 0 Å². The van der Waals surface area contributed by atoms with Crippen molar-refractivity contribution in [1.82, 2.24) is 0 Å². The van der Waals surface area contributed by atoms with Crippen LogP contribution in [0.3, 0.4) is 0 Å². The predicted octanol–water partition coefficient (Wildman–Crippen LogP) is 0.885. The van der Waals surface area contributed by atoms with Crippen LogP contribution in [0.2, 0.25) is 6.55 Å². The monoisotopic (exact) mass is 246 g/mol. The van der Waals surface area contributed by atoms with E-state index in [1.807, 2.05) is 0 Å². The molecule has 82 valence electrons. The molecule has 5 heteroatoms. The molecule has 0 radical (unpaired) electrons. The first-order valence-corrected chi connectivity index (χ1v) is 9.91. The fourth-order valence-corrected chi connectivity index (χ4v) is 5.60. The SMILES string of the molecule is CC(C)=C[SiH2]O[SiH](C)O[SiH2]C=C(C)C. The van der Waals surface area contributed by atoms with E-state index < -0.39 is 28.8 Å². The van der Waals surface area contributed by atoms with Gasteiger partial charge in [0, 0.05) is 0 Å². The zero-order valence-corrected chi connectivity index (χ0v) is 13.9. The lowest BCUT2D eigenvalue weighted by Crippen LogP contribution is -2.22. The van der Waals surface area contributed by atoms with Gasteiger partial charge >= 0.3 is 0 Å². The van der Waals surface area contributed by atoms with Crippen LogP contribution in [0.5, 0.6) is 0 Å². The third kappa shape index (κ3) is 10.1. The molecule has 0 aliphatic carbocycles. The lowest BCUT2D eigenvalue weighted by atomic mass is 10.4. The molecule has 0 heterocycles. The van der Waals surface area contributed by atoms with E-state index >= 15 is 0 Å². The molecule has 0 unspecified atom stereocenters. The summed E-state index contributed by atoms with van der Waals surface area (Å²) in [6, 6.07) is 0. The summed E-state index contributed by atoms with van der Waals surface area (Å²) in [5.74, 6) is 0. The Morgan fingerprint density at radius 3 is 1.57 bits per heavy atom. The van der Waals surface area contributed by atoms with Crippen LogP contribution in [0.25, 0.3) is 0 Å². The van der Waals surface area contributed by atoms with Crippen LogP contribution in [-0.4, -0.2) is 28.8 Å². The number of hydrogen-bond donors (Lipinski definition) is 0. The Hall–Kier alpha value is 0.0506. The molecule has 0 aliphatic rings. The van der Waals surface area contributed by atoms with Gasteiger partial charge in [-0.05, 0) is 34.2 Å². The summed E-state index contributed by atoms with van der Waals surface area (Å²) in [7, 11) is -2.20. The largest absolute Gasteiger partial charge is 0.440 e. The zero-order chi connectivity index (χ0) is 11.0. The molecule has 0 aromatic rings. The smallest absolute Gasteiger partial charge is 0.297 e. The summed E-state index contributed by atoms with van der Waals surface area (Å²) in [6.07, 6.45) is 0. The van der Waals surface area contributed by atoms with E-state index in [-0.39, 0.29) is 0 Å². The molecule has 0 rings (SSSR count). The van der Waals surface area contributed by atoms with Crippen LogP contribution >= 0.6 is 0 Å². The van der Waals surface area contributed by atoms with E-state index in [1.165, 1.54) is 11.1 Å². The Kier molecular flexibility index (Phi) is 8.40. The van der Waals surface area contributed by atoms with E-state index in [4.69, 9.17) is 8.23 Å². The summed E-state index contributed by atoms with van der Waals surface area (Å²) in [4.78, 5) is 0. The Balaban J connectivity index is 3.51. The van der Waals surface area contributed by atoms with Gasteiger partial charge in [-0.1, -0.05) is 22.5 Å². The average Bonchev–Trinajstić information content (AvgIpc) is 2.02. The topological polar surface area (TPSA) is 18.5 Å². The second-order valence-electron chi connectivity index (χ2n) is 3.80. The van der Waals surface area contributed by atoms with E-state index in [0.717, 1.165) is 0 Å². The molecule has 0 atom stereocenters. The summed E-state index contributed by atoms with van der Waals surface area (Å²) in [5, 5.41) is 0. The lowest BCUT2D eigenvalue weighted by Gasteiger charge is -2.10. The highest BCUT2D eigenvalue weighted by Crippen LogP contribution is 1.92. The molecule has 0 saturated heterocycles. The Bertz CT molecular complexity index is 184. The van der Waals surface area contributed by atoms with Crippen molar-refractivity contribution in [2.75, 3.05) is 0 Å². The first kappa shape index (κ1) is 14.1. The molecular formula is C9H22O2Si3. The molecule has 0 spiro atoms. The maximum Gasteiger partial charge on any atom is 0.297 e. The summed E-state index contributed by atoms with van der Waals surface area (Å²) in [5.41, 5.74) is 7.18. The first-order valence-electron chi connectivity index (χ1n) is 5.02. The normalized spacial score (nSPS) is 13.8. The Morgan fingerprint density at radius 1 is 0.929 bits per heavy atom. The maximum atomic E-state index is 5.72. The minimum atomic E-state index is -1.29. The van der Waals surface area contributed by atoms with Crippen molar-refractivity contribution in [2.24, 2.45) is 0 Å². The van der Waals surface area contributed by atoms with Crippen molar-refractivity contribution in [1.29, 1.82) is 0 Å². The third-order valence-electron chi connectivity index (χ3n) is 1.65. The lowest BCUT2D eigenvalue weighted by molar-refractivity contribution is 0.470. The quantitative estimate of drug-likeness (QED) is 0.648. The molecule has 14 heavy (non-hydrogen) atoms. The van der Waals surface area contributed by atoms with Gasteiger partial charge in [0.1, 0.15) is 0 Å². The van der Waals surface area contributed by atoms with E-state index in [2.05, 4.69) is 45.6 Å². The second kappa shape index (κ2) is 8.37. The van der Waals surface area contributed by atoms with E-state index in [0.29, 0.717) is 0 Å². The van der Waals surface area contributed by atoms with Gasteiger partial charge in [0.25, 0.3) is 9.28 Å². The van der Waals surface area contributed by atoms with Gasteiger partial charge < -0.3 is 8.23 Å². The molecule has 0 fully saturated rings. The molecule has 2 nitrogen and oxygen atoms in total. The van der Waals surface area contributed by atoms with Crippen LogP contribution in [0, 0.1) is 0 Å². The van der Waals surface area contributed by atoms with Crippen LogP contribution in [0.1, 0.15) is 27.7 Å². The van der Waals surface area contributed by atoms with Crippen molar-refractivity contribution in [3.8, 4) is 0 Å². The number of hydrogen-bond acceptors (Lipinski definition) is 2. The molecule has 0 bridgehead atoms. The van der Waals surface area contributed by atoms with Gasteiger partial charge in [-0.15, -0.1) is 0 Å². The van der Waals surface area contributed by atoms with Gasteiger partial charge in [-0.25, -0.2) is 0 Å². The minimum Gasteiger partial charge on any atom is -0.440 e. The van der Waals surface area contributed by atoms with Gasteiger partial charge in [-0.3, -0.25) is 0 Å². The third-order valence-corrected chi connectivity index (χ3v) is 8.91. The van der Waals surface area contributed by atoms with Crippen LogP contribution in [0.15, 0.2) is 22.5 Å². The highest BCUT2D eigenvalue weighted by Gasteiger charge is 2.02. The summed E-state index contributed by atoms with van der Waals surface area (Å²) < 4.78 is 11.4. The summed E-state index contributed by atoms with van der Waals surface area (Å²) >= 11 is 0. The summed E-state index contributed by atoms with van der Waals surface area (Å²) in [6.45, 7) is 10.6. The zero-order valence-electron chi connectivity index (χ0n) is 9.96. The molecule has 0 saturated carbocycles. The molecule has 0 N–H and O–H groups in total. The van der Waals surface area contributed by atoms with Crippen molar-refractivity contribution in [3.63, 3.8) is 0 Å². The van der Waals surface area contributed by atoms with Crippen molar-refractivity contribution in [2.45, 2.75) is 34.2 Å². The van der Waals surface area contributed by atoms with Gasteiger partial charge in [0.15, 0.2) is 19.5 Å². The fourth-order valence-electron chi connectivity index (χ4n) is 0.749. The van der Waals surface area contributed by atoms with Crippen LogP contribution in [0.4, 0.5) is 0 Å².